The van der Waals surface area contributed by atoms with E-state index >= 15 is 0 Å². The normalized spacial score (nSPS) is 26.4. The van der Waals surface area contributed by atoms with Crippen LogP contribution < -0.4 is 5.32 Å². The van der Waals surface area contributed by atoms with Crippen molar-refractivity contribution >= 4 is 11.9 Å². The lowest BCUT2D eigenvalue weighted by molar-refractivity contribution is -0.146. The summed E-state index contributed by atoms with van der Waals surface area (Å²) in [6, 6.07) is 0. The Morgan fingerprint density at radius 3 is 2.56 bits per heavy atom. The summed E-state index contributed by atoms with van der Waals surface area (Å²) < 4.78 is 0. The van der Waals surface area contributed by atoms with E-state index in [0.717, 1.165) is 6.42 Å². The number of hydrogen-bond donors (Lipinski definition) is 3. The van der Waals surface area contributed by atoms with Crippen molar-refractivity contribution < 1.29 is 19.8 Å². The molecule has 0 aromatic carbocycles. The summed E-state index contributed by atoms with van der Waals surface area (Å²) >= 11 is 0. The van der Waals surface area contributed by atoms with Gasteiger partial charge in [-0.3, -0.25) is 9.59 Å². The van der Waals surface area contributed by atoms with Gasteiger partial charge in [-0.25, -0.2) is 0 Å². The van der Waals surface area contributed by atoms with Gasteiger partial charge >= 0.3 is 5.97 Å². The van der Waals surface area contributed by atoms with Gasteiger partial charge in [-0.15, -0.1) is 0 Å². The number of aliphatic hydroxyl groups excluding tert-OH is 1. The van der Waals surface area contributed by atoms with Crippen LogP contribution in [0.5, 0.6) is 0 Å². The monoisotopic (exact) mass is 229 g/mol. The Kier molecular flexibility index (Phi) is 4.73. The van der Waals surface area contributed by atoms with Gasteiger partial charge in [0.25, 0.3) is 0 Å². The fourth-order valence-corrected chi connectivity index (χ4v) is 2.06. The highest BCUT2D eigenvalue weighted by molar-refractivity contribution is 5.85. The van der Waals surface area contributed by atoms with Crippen molar-refractivity contribution in [3.05, 3.63) is 0 Å². The molecular weight excluding hydrogens is 210 g/mol. The van der Waals surface area contributed by atoms with Crippen molar-refractivity contribution in [2.45, 2.75) is 38.7 Å². The van der Waals surface area contributed by atoms with Gasteiger partial charge < -0.3 is 15.5 Å². The first-order valence-corrected chi connectivity index (χ1v) is 5.74. The van der Waals surface area contributed by atoms with Gasteiger partial charge in [0.15, 0.2) is 0 Å². The minimum Gasteiger partial charge on any atom is -0.481 e. The minimum atomic E-state index is -0.895. The summed E-state index contributed by atoms with van der Waals surface area (Å²) in [6.45, 7) is 2.03. The first kappa shape index (κ1) is 13.0. The number of aliphatic carboxylic acids is 1. The number of carbonyl (C=O) groups is 2. The van der Waals surface area contributed by atoms with E-state index in [1.807, 2.05) is 6.92 Å². The predicted octanol–water partition coefficient (Wildman–Crippen LogP) is 0.374. The zero-order valence-corrected chi connectivity index (χ0v) is 9.48. The average molecular weight is 229 g/mol. The molecule has 1 rings (SSSR count). The lowest BCUT2D eigenvalue weighted by Crippen LogP contribution is -2.39. The molecule has 0 radical (unpaired) electrons. The molecule has 1 aliphatic carbocycles. The standard InChI is InChI=1S/C11H19NO4/c1-2-7(13)6-12-10(14)8-4-3-5-9(8)11(15)16/h7-9,13H,2-6H2,1H3,(H,12,14)(H,15,16)/t7?,8-,9+/m1/s1. The molecule has 0 aromatic heterocycles. The number of rotatable bonds is 5. The van der Waals surface area contributed by atoms with Gasteiger partial charge in [-0.2, -0.15) is 0 Å². The zero-order chi connectivity index (χ0) is 12.1. The molecular formula is C11H19NO4. The molecule has 1 unspecified atom stereocenters. The van der Waals surface area contributed by atoms with Crippen LogP contribution in [0.25, 0.3) is 0 Å². The first-order valence-electron chi connectivity index (χ1n) is 5.74. The molecule has 0 aliphatic heterocycles. The maximum absolute atomic E-state index is 11.7. The number of carboxylic acid groups (broad SMARTS) is 1. The molecule has 1 saturated carbocycles. The van der Waals surface area contributed by atoms with Crippen LogP contribution >= 0.6 is 0 Å². The molecule has 3 atom stereocenters. The summed E-state index contributed by atoms with van der Waals surface area (Å²) in [5, 5.41) is 20.8. The highest BCUT2D eigenvalue weighted by atomic mass is 16.4. The molecule has 5 heteroatoms. The molecule has 0 heterocycles. The van der Waals surface area contributed by atoms with E-state index in [-0.39, 0.29) is 12.5 Å². The van der Waals surface area contributed by atoms with Crippen LogP contribution in [0.3, 0.4) is 0 Å². The minimum absolute atomic E-state index is 0.207. The molecule has 1 amide bonds. The molecule has 1 aliphatic rings. The van der Waals surface area contributed by atoms with Crippen LogP contribution in [0.15, 0.2) is 0 Å². The van der Waals surface area contributed by atoms with Crippen molar-refractivity contribution in [3.63, 3.8) is 0 Å². The van der Waals surface area contributed by atoms with Crippen LogP contribution in [0, 0.1) is 11.8 Å². The molecule has 0 spiro atoms. The van der Waals surface area contributed by atoms with Crippen molar-refractivity contribution in [1.82, 2.24) is 5.32 Å². The number of carbonyl (C=O) groups excluding carboxylic acids is 1. The van der Waals surface area contributed by atoms with Crippen molar-refractivity contribution in [1.29, 1.82) is 0 Å². The lowest BCUT2D eigenvalue weighted by atomic mass is 9.95. The van der Waals surface area contributed by atoms with Crippen LogP contribution in [-0.4, -0.2) is 34.7 Å². The van der Waals surface area contributed by atoms with Crippen LogP contribution in [0.2, 0.25) is 0 Å². The lowest BCUT2D eigenvalue weighted by Gasteiger charge is -2.16. The smallest absolute Gasteiger partial charge is 0.307 e. The van der Waals surface area contributed by atoms with Gasteiger partial charge in [-0.05, 0) is 19.3 Å². The quantitative estimate of drug-likeness (QED) is 0.636. The van der Waals surface area contributed by atoms with Crippen LogP contribution in [0.4, 0.5) is 0 Å². The summed E-state index contributed by atoms with van der Waals surface area (Å²) in [6.07, 6.45) is 2.02. The van der Waals surface area contributed by atoms with E-state index in [4.69, 9.17) is 5.11 Å². The number of hydrogen-bond acceptors (Lipinski definition) is 3. The second kappa shape index (κ2) is 5.84. The Balaban J connectivity index is 2.44. The second-order valence-corrected chi connectivity index (χ2v) is 4.29. The molecule has 5 nitrogen and oxygen atoms in total. The van der Waals surface area contributed by atoms with E-state index in [9.17, 15) is 14.7 Å². The number of amides is 1. The molecule has 92 valence electrons. The molecule has 1 fully saturated rings. The van der Waals surface area contributed by atoms with E-state index in [1.54, 1.807) is 0 Å². The Morgan fingerprint density at radius 2 is 2.00 bits per heavy atom. The maximum atomic E-state index is 11.7. The molecule has 3 N–H and O–H groups in total. The summed E-state index contributed by atoms with van der Waals surface area (Å²) in [5.74, 6) is -2.12. The van der Waals surface area contributed by atoms with Gasteiger partial charge in [0.2, 0.25) is 5.91 Å². The zero-order valence-electron chi connectivity index (χ0n) is 9.48. The van der Waals surface area contributed by atoms with E-state index in [0.29, 0.717) is 19.3 Å². The molecule has 0 bridgehead atoms. The molecule has 0 saturated heterocycles. The van der Waals surface area contributed by atoms with Crippen molar-refractivity contribution in [2.24, 2.45) is 11.8 Å². The van der Waals surface area contributed by atoms with Gasteiger partial charge in [0.05, 0.1) is 17.9 Å². The van der Waals surface area contributed by atoms with Crippen LogP contribution in [-0.2, 0) is 9.59 Å². The third-order valence-corrected chi connectivity index (χ3v) is 3.15. The predicted molar refractivity (Wildman–Crippen MR) is 57.8 cm³/mol. The van der Waals surface area contributed by atoms with Crippen LogP contribution in [0.1, 0.15) is 32.6 Å². The number of carboxylic acids is 1. The Hall–Kier alpha value is -1.10. The van der Waals surface area contributed by atoms with E-state index in [1.165, 1.54) is 0 Å². The summed E-state index contributed by atoms with van der Waals surface area (Å²) in [5.41, 5.74) is 0. The molecule has 16 heavy (non-hydrogen) atoms. The third kappa shape index (κ3) is 3.20. The molecule has 0 aromatic rings. The largest absolute Gasteiger partial charge is 0.481 e. The van der Waals surface area contributed by atoms with Crippen molar-refractivity contribution in [2.75, 3.05) is 6.54 Å². The Morgan fingerprint density at radius 1 is 1.38 bits per heavy atom. The first-order chi connectivity index (χ1) is 7.56. The number of nitrogens with one attached hydrogen (secondary N) is 1. The van der Waals surface area contributed by atoms with Gasteiger partial charge in [-0.1, -0.05) is 13.3 Å². The Bertz CT molecular complexity index is 267. The fraction of sp³-hybridized carbons (Fsp3) is 0.818. The summed E-state index contributed by atoms with van der Waals surface area (Å²) in [4.78, 5) is 22.6. The summed E-state index contributed by atoms with van der Waals surface area (Å²) in [7, 11) is 0. The Labute approximate surface area is 94.8 Å². The second-order valence-electron chi connectivity index (χ2n) is 4.29. The highest BCUT2D eigenvalue weighted by Crippen LogP contribution is 2.31. The van der Waals surface area contributed by atoms with Gasteiger partial charge in [0, 0.05) is 6.54 Å². The number of aliphatic hydroxyl groups is 1. The van der Waals surface area contributed by atoms with Crippen molar-refractivity contribution in [3.8, 4) is 0 Å². The topological polar surface area (TPSA) is 86.6 Å². The third-order valence-electron chi connectivity index (χ3n) is 3.15. The van der Waals surface area contributed by atoms with E-state index < -0.39 is 23.9 Å². The van der Waals surface area contributed by atoms with E-state index in [2.05, 4.69) is 5.32 Å². The fourth-order valence-electron chi connectivity index (χ4n) is 2.06. The SMILES string of the molecule is CCC(O)CNC(=O)[C@@H]1CCC[C@@H]1C(=O)O. The van der Waals surface area contributed by atoms with Gasteiger partial charge in [0.1, 0.15) is 0 Å². The maximum Gasteiger partial charge on any atom is 0.307 e. The average Bonchev–Trinajstić information content (AvgIpc) is 2.74. The highest BCUT2D eigenvalue weighted by Gasteiger charge is 2.37.